The molecule has 1 unspecified atom stereocenters. The highest BCUT2D eigenvalue weighted by Crippen LogP contribution is 2.25. The molecule has 0 fully saturated rings. The first kappa shape index (κ1) is 86.7. The topological polar surface area (TPSA) is 141 Å². The van der Waals surface area contributed by atoms with E-state index in [2.05, 4.69) is 51.3 Å². The molecule has 1 N–H and O–H groups in total. The van der Waals surface area contributed by atoms with Crippen LogP contribution in [-0.2, 0) is 42.9 Å². The third-order valence-electron chi connectivity index (χ3n) is 18.5. The predicted octanol–water partition coefficient (Wildman–Crippen LogP) is 21.0. The van der Waals surface area contributed by atoms with E-state index in [1.54, 1.807) is 0 Å². The van der Waals surface area contributed by atoms with Gasteiger partial charge in [-0.2, -0.15) is 0 Å². The lowest BCUT2D eigenvalue weighted by Gasteiger charge is -2.24. The van der Waals surface area contributed by atoms with Crippen molar-refractivity contribution >= 4 is 23.8 Å². The summed E-state index contributed by atoms with van der Waals surface area (Å²) in [5.41, 5.74) is 0. The van der Waals surface area contributed by atoms with E-state index in [0.29, 0.717) is 76.5 Å². The summed E-state index contributed by atoms with van der Waals surface area (Å²) in [6.07, 6.45) is 55.4. The Labute approximate surface area is 551 Å². The van der Waals surface area contributed by atoms with E-state index in [1.165, 1.54) is 161 Å². The molecule has 0 radical (unpaired) electrons. The number of carbonyl (C=O) groups is 4. The van der Waals surface area contributed by atoms with Gasteiger partial charge in [-0.05, 0) is 102 Å². The molecular weight excluding hydrogens is 1110 g/mol. The fraction of sp³-hybridized carbons (Fsp3) is 0.948. The molecule has 0 rings (SSSR count). The van der Waals surface area contributed by atoms with Gasteiger partial charge in [0.25, 0.3) is 0 Å². The smallest absolute Gasteiger partial charge is 0.305 e. The summed E-state index contributed by atoms with van der Waals surface area (Å²) < 4.78 is 29.2. The van der Waals surface area contributed by atoms with E-state index in [0.717, 1.165) is 174 Å². The molecule has 0 bridgehead atoms. The largest absolute Gasteiger partial charge is 0.466 e. The van der Waals surface area contributed by atoms with Crippen molar-refractivity contribution in [1.29, 1.82) is 0 Å². The molecule has 0 heterocycles. The van der Waals surface area contributed by atoms with Crippen LogP contribution in [0.4, 0.5) is 0 Å². The fourth-order valence-electron chi connectivity index (χ4n) is 12.5. The lowest BCUT2D eigenvalue weighted by atomic mass is 9.92. The summed E-state index contributed by atoms with van der Waals surface area (Å²) in [6.45, 7) is 22.5. The van der Waals surface area contributed by atoms with Gasteiger partial charge in [-0.3, -0.25) is 19.2 Å². The van der Waals surface area contributed by atoms with Crippen LogP contribution < -0.4 is 0 Å². The van der Waals surface area contributed by atoms with Crippen molar-refractivity contribution in [2.24, 2.45) is 17.8 Å². The Morgan fingerprint density at radius 1 is 0.303 bits per heavy atom. The van der Waals surface area contributed by atoms with Crippen LogP contribution in [-0.4, -0.2) is 117 Å². The fourth-order valence-corrected chi connectivity index (χ4v) is 12.5. The van der Waals surface area contributed by atoms with Crippen LogP contribution in [0.2, 0.25) is 0 Å². The first-order chi connectivity index (χ1) is 43.6. The van der Waals surface area contributed by atoms with Gasteiger partial charge < -0.3 is 38.6 Å². The van der Waals surface area contributed by atoms with Gasteiger partial charge in [-0.25, -0.2) is 0 Å². The molecule has 0 aliphatic carbocycles. The lowest BCUT2D eigenvalue weighted by Crippen LogP contribution is -2.34. The molecular formula is C77H150N2O10. The second-order valence-electron chi connectivity index (χ2n) is 26.9. The quantitative estimate of drug-likeness (QED) is 0.0269. The van der Waals surface area contributed by atoms with E-state index < -0.39 is 6.29 Å². The Bertz CT molecular complexity index is 1430. The molecule has 0 aliphatic rings. The molecule has 528 valence electrons. The van der Waals surface area contributed by atoms with Crippen molar-refractivity contribution in [1.82, 2.24) is 9.80 Å². The highest BCUT2D eigenvalue weighted by atomic mass is 16.7. The molecule has 0 aliphatic heterocycles. The summed E-state index contributed by atoms with van der Waals surface area (Å²) in [4.78, 5) is 55.8. The molecule has 0 aromatic heterocycles. The number of hydrogen-bond acceptors (Lipinski definition) is 11. The van der Waals surface area contributed by atoms with Crippen molar-refractivity contribution in [2.45, 2.75) is 382 Å². The average molecular weight is 1260 g/mol. The van der Waals surface area contributed by atoms with E-state index in [1.807, 2.05) is 6.92 Å². The Balaban J connectivity index is 4.83. The lowest BCUT2D eigenvalue weighted by molar-refractivity contribution is -0.145. The summed E-state index contributed by atoms with van der Waals surface area (Å²) in [7, 11) is 0. The van der Waals surface area contributed by atoms with Gasteiger partial charge in [0.15, 0.2) is 6.29 Å². The number of aliphatic hydroxyl groups excluding tert-OH is 1. The zero-order valence-corrected chi connectivity index (χ0v) is 60.2. The van der Waals surface area contributed by atoms with Crippen LogP contribution in [0.15, 0.2) is 0 Å². The molecule has 0 spiro atoms. The number of carbonyl (C=O) groups excluding carboxylic acids is 4. The zero-order valence-electron chi connectivity index (χ0n) is 60.2. The van der Waals surface area contributed by atoms with E-state index in [4.69, 9.17) is 23.7 Å². The second-order valence-corrected chi connectivity index (χ2v) is 26.9. The van der Waals surface area contributed by atoms with Crippen molar-refractivity contribution in [2.75, 3.05) is 72.4 Å². The third-order valence-corrected chi connectivity index (χ3v) is 18.5. The van der Waals surface area contributed by atoms with Gasteiger partial charge in [0.05, 0.1) is 39.5 Å². The number of nitrogens with zero attached hydrogens (tertiary/aromatic N) is 2. The van der Waals surface area contributed by atoms with Crippen molar-refractivity contribution in [3.05, 3.63) is 0 Å². The minimum atomic E-state index is -0.401. The SMILES string of the molecule is CCCCCC(CCCCC)CCOC(=O)CCCCCCCCN(CCCO)CCCOC(C)OCCC(=O)N(CCCCCCCCC(=O)OCCC(CCCCC)CCCCC)CCCCCCCCC(=O)OCCC(CCCCC)CCCCC. The van der Waals surface area contributed by atoms with E-state index in [-0.39, 0.29) is 30.4 Å². The molecule has 12 nitrogen and oxygen atoms in total. The van der Waals surface area contributed by atoms with Gasteiger partial charge in [0.1, 0.15) is 0 Å². The van der Waals surface area contributed by atoms with Gasteiger partial charge in [-0.15, -0.1) is 0 Å². The minimum absolute atomic E-state index is 0.0307. The maximum Gasteiger partial charge on any atom is 0.305 e. The molecule has 12 heteroatoms. The minimum Gasteiger partial charge on any atom is -0.466 e. The second kappa shape index (κ2) is 68.6. The molecule has 1 amide bonds. The normalized spacial score (nSPS) is 12.1. The maximum atomic E-state index is 13.7. The average Bonchev–Trinajstić information content (AvgIpc) is 3.60. The highest BCUT2D eigenvalue weighted by molar-refractivity contribution is 5.76. The molecule has 0 aromatic rings. The Morgan fingerprint density at radius 2 is 0.596 bits per heavy atom. The first-order valence-electron chi connectivity index (χ1n) is 38.9. The highest BCUT2D eigenvalue weighted by Gasteiger charge is 2.17. The van der Waals surface area contributed by atoms with Crippen molar-refractivity contribution in [3.63, 3.8) is 0 Å². The number of hydrogen-bond donors (Lipinski definition) is 1. The monoisotopic (exact) mass is 1260 g/mol. The van der Waals surface area contributed by atoms with Gasteiger partial charge in [-0.1, -0.05) is 273 Å². The zero-order chi connectivity index (χ0) is 65.1. The Morgan fingerprint density at radius 3 is 0.933 bits per heavy atom. The van der Waals surface area contributed by atoms with Crippen LogP contribution in [0.5, 0.6) is 0 Å². The van der Waals surface area contributed by atoms with Crippen molar-refractivity contribution in [3.8, 4) is 0 Å². The van der Waals surface area contributed by atoms with Crippen molar-refractivity contribution < 1.29 is 48.0 Å². The number of aliphatic hydroxyl groups is 1. The van der Waals surface area contributed by atoms with E-state index in [9.17, 15) is 24.3 Å². The maximum absolute atomic E-state index is 13.7. The Kier molecular flexibility index (Phi) is 66.8. The van der Waals surface area contributed by atoms with Crippen LogP contribution in [0.25, 0.3) is 0 Å². The molecule has 0 saturated carbocycles. The van der Waals surface area contributed by atoms with Gasteiger partial charge >= 0.3 is 17.9 Å². The number of rotatable bonds is 72. The van der Waals surface area contributed by atoms with Gasteiger partial charge in [0, 0.05) is 52.0 Å². The van der Waals surface area contributed by atoms with E-state index >= 15 is 0 Å². The van der Waals surface area contributed by atoms with Crippen LogP contribution in [0.3, 0.4) is 0 Å². The number of amides is 1. The molecule has 89 heavy (non-hydrogen) atoms. The first-order valence-corrected chi connectivity index (χ1v) is 38.9. The molecule has 0 saturated heterocycles. The predicted molar refractivity (Wildman–Crippen MR) is 374 cm³/mol. The summed E-state index contributed by atoms with van der Waals surface area (Å²) in [6, 6.07) is 0. The Hall–Kier alpha value is -2.28. The van der Waals surface area contributed by atoms with Crippen LogP contribution in [0.1, 0.15) is 376 Å². The van der Waals surface area contributed by atoms with Crippen LogP contribution in [0, 0.1) is 17.8 Å². The van der Waals surface area contributed by atoms with Gasteiger partial charge in [0.2, 0.25) is 5.91 Å². The summed E-state index contributed by atoms with van der Waals surface area (Å²) >= 11 is 0. The summed E-state index contributed by atoms with van der Waals surface area (Å²) in [5.74, 6) is 2.05. The molecule has 1 atom stereocenters. The number of unbranched alkanes of at least 4 members (excludes halogenated alkanes) is 27. The summed E-state index contributed by atoms with van der Waals surface area (Å²) in [5, 5.41) is 9.59. The number of ether oxygens (including phenoxy) is 5. The molecule has 0 aromatic carbocycles. The third kappa shape index (κ3) is 60.4. The standard InChI is InChI=1S/C77H150N2O10/c1-8-14-32-46-71(47-33-15-9-2)55-66-87-75(82)52-38-26-20-23-29-41-59-78(60-44-64-80)61-45-65-85-70(7)86-69-58-74(81)79(62-42-30-24-21-27-39-53-76(83)88-67-56-72(48-34-16-10-3)49-35-17-11-4)63-43-31-25-22-28-40-54-77(84)89-68-57-73(50-36-18-12-5)51-37-19-13-6/h70-73,80H,8-69H2,1-7H3. The number of esters is 3. The van der Waals surface area contributed by atoms with Crippen LogP contribution >= 0.6 is 0 Å².